The van der Waals surface area contributed by atoms with Crippen molar-refractivity contribution < 1.29 is 9.53 Å². The molecule has 1 unspecified atom stereocenters. The van der Waals surface area contributed by atoms with Crippen LogP contribution >= 0.6 is 0 Å². The minimum atomic E-state index is -0.224. The average molecular weight is 435 g/mol. The number of carbonyl (C=O) groups is 1. The molecule has 2 nitrogen and oxygen atoms in total. The number of ketones is 1. The van der Waals surface area contributed by atoms with Crippen LogP contribution in [-0.2, 0) is 4.74 Å². The molecular weight excluding hydrogens is 411 g/mol. The Morgan fingerprint density at radius 1 is 0.893 bits per heavy atom. The third kappa shape index (κ3) is 6.03. The van der Waals surface area contributed by atoms with Crippen LogP contribution in [0.2, 0.25) is 0 Å². The van der Waals surface area contributed by atoms with Crippen LogP contribution in [0.1, 0.15) is 29.3 Å². The summed E-state index contributed by atoms with van der Waals surface area (Å²) in [5.74, 6) is 0.113. The summed E-state index contributed by atoms with van der Waals surface area (Å²) in [6.07, 6.45) is 2.31. The molecule has 0 aliphatic rings. The predicted octanol–water partition coefficient (Wildman–Crippen LogP) is 4.74. The van der Waals surface area contributed by atoms with Crippen LogP contribution in [0.15, 0.2) is 95.5 Å². The predicted molar refractivity (Wildman–Crippen MR) is 117 cm³/mol. The van der Waals surface area contributed by atoms with Crippen LogP contribution in [0, 0.1) is 0 Å². The van der Waals surface area contributed by atoms with Crippen molar-refractivity contribution in [2.45, 2.75) is 19.4 Å². The second-order valence-electron chi connectivity index (χ2n) is 6.31. The van der Waals surface area contributed by atoms with Gasteiger partial charge in [0.15, 0.2) is 0 Å². The molecule has 3 aromatic rings. The summed E-state index contributed by atoms with van der Waals surface area (Å²) in [4.78, 5) is 12.8. The van der Waals surface area contributed by atoms with Crippen molar-refractivity contribution in [3.63, 3.8) is 0 Å². The summed E-state index contributed by atoms with van der Waals surface area (Å²) in [7, 11) is 0. The topological polar surface area (TPSA) is 26.3 Å². The van der Waals surface area contributed by atoms with Gasteiger partial charge in [-0.25, -0.2) is 0 Å². The molecule has 142 valence electrons. The Bertz CT molecular complexity index is 890. The standard InChI is InChI=1S/C25H24O2Se/c1-2-27-24(19-23(26)21-14-8-4-9-15-21)25(18-20-12-6-3-7-13-20)28-22-16-10-5-11-17-22/h3-18,24H,2,19H2,1H3/b25-18-. The maximum absolute atomic E-state index is 12.8. The summed E-state index contributed by atoms with van der Waals surface area (Å²) in [5.41, 5.74) is 1.87. The number of hydrogen-bond donors (Lipinski definition) is 0. The normalized spacial score (nSPS) is 12.5. The van der Waals surface area contributed by atoms with Crippen LogP contribution < -0.4 is 4.46 Å². The number of Topliss-reactive ketones (excluding diaryl/α,β-unsaturated/α-hetero) is 1. The zero-order valence-corrected chi connectivity index (χ0v) is 17.7. The molecule has 3 aromatic carbocycles. The van der Waals surface area contributed by atoms with Crippen LogP contribution in [0.4, 0.5) is 0 Å². The molecule has 28 heavy (non-hydrogen) atoms. The van der Waals surface area contributed by atoms with Crippen molar-refractivity contribution in [3.05, 3.63) is 107 Å². The molecule has 1 atom stereocenters. The first-order valence-electron chi connectivity index (χ1n) is 9.45. The monoisotopic (exact) mass is 436 g/mol. The summed E-state index contributed by atoms with van der Waals surface area (Å²) in [6.45, 7) is 2.55. The molecular formula is C25H24O2Se. The number of benzene rings is 3. The molecule has 0 aliphatic heterocycles. The van der Waals surface area contributed by atoms with E-state index in [4.69, 9.17) is 4.74 Å². The number of carbonyl (C=O) groups excluding carboxylic acids is 1. The Morgan fingerprint density at radius 2 is 1.46 bits per heavy atom. The third-order valence-corrected chi connectivity index (χ3v) is 6.60. The molecule has 0 aromatic heterocycles. The summed E-state index contributed by atoms with van der Waals surface area (Å²) in [6, 6.07) is 30.1. The zero-order valence-electron chi connectivity index (χ0n) is 16.0. The van der Waals surface area contributed by atoms with Crippen LogP contribution in [0.3, 0.4) is 0 Å². The number of hydrogen-bond acceptors (Lipinski definition) is 2. The molecule has 0 saturated heterocycles. The Hall–Kier alpha value is -2.45. The van der Waals surface area contributed by atoms with Gasteiger partial charge < -0.3 is 0 Å². The first-order chi connectivity index (χ1) is 13.8. The van der Waals surface area contributed by atoms with E-state index < -0.39 is 0 Å². The average Bonchev–Trinajstić information content (AvgIpc) is 2.75. The molecule has 0 N–H and O–H groups in total. The quantitative estimate of drug-likeness (QED) is 0.359. The van der Waals surface area contributed by atoms with Gasteiger partial charge in [0.25, 0.3) is 0 Å². The Balaban J connectivity index is 1.90. The van der Waals surface area contributed by atoms with Crippen LogP contribution in [0.25, 0.3) is 6.08 Å². The molecule has 0 spiro atoms. The Morgan fingerprint density at radius 3 is 2.07 bits per heavy atom. The fraction of sp³-hybridized carbons (Fsp3) is 0.160. The molecule has 3 heteroatoms. The maximum atomic E-state index is 12.8. The van der Waals surface area contributed by atoms with Gasteiger partial charge >= 0.3 is 173 Å². The zero-order chi connectivity index (χ0) is 19.6. The second-order valence-corrected chi connectivity index (χ2v) is 8.72. The van der Waals surface area contributed by atoms with Gasteiger partial charge in [-0.2, -0.15) is 0 Å². The number of ether oxygens (including phenoxy) is 1. The number of rotatable bonds is 9. The van der Waals surface area contributed by atoms with Crippen molar-refractivity contribution in [2.24, 2.45) is 0 Å². The fourth-order valence-corrected chi connectivity index (χ4v) is 5.07. The summed E-state index contributed by atoms with van der Waals surface area (Å²) in [5, 5.41) is 0. The minimum absolute atomic E-state index is 0.0773. The van der Waals surface area contributed by atoms with Crippen molar-refractivity contribution in [1.29, 1.82) is 0 Å². The Kier molecular flexibility index (Phi) is 7.81. The van der Waals surface area contributed by atoms with E-state index in [9.17, 15) is 4.79 Å². The van der Waals surface area contributed by atoms with E-state index in [-0.39, 0.29) is 26.8 Å². The van der Waals surface area contributed by atoms with Gasteiger partial charge in [-0.15, -0.1) is 0 Å². The van der Waals surface area contributed by atoms with Gasteiger partial charge in [-0.1, -0.05) is 0 Å². The van der Waals surface area contributed by atoms with E-state index in [0.717, 1.165) is 11.1 Å². The first kappa shape index (κ1) is 20.3. The van der Waals surface area contributed by atoms with E-state index in [1.54, 1.807) is 0 Å². The van der Waals surface area contributed by atoms with Crippen LogP contribution in [0.5, 0.6) is 0 Å². The van der Waals surface area contributed by atoms with Crippen molar-refractivity contribution in [1.82, 2.24) is 0 Å². The SMILES string of the molecule is CCOC(CC(=O)c1ccccc1)/C(=C/c1ccccc1)[Se]c1ccccc1. The van der Waals surface area contributed by atoms with Gasteiger partial charge in [0.2, 0.25) is 0 Å². The van der Waals surface area contributed by atoms with E-state index in [2.05, 4.69) is 42.5 Å². The first-order valence-corrected chi connectivity index (χ1v) is 11.2. The van der Waals surface area contributed by atoms with E-state index >= 15 is 0 Å². The molecule has 0 saturated carbocycles. The molecule has 0 aliphatic carbocycles. The molecule has 0 fully saturated rings. The molecule has 0 radical (unpaired) electrons. The van der Waals surface area contributed by atoms with Gasteiger partial charge in [-0.05, 0) is 0 Å². The third-order valence-electron chi connectivity index (χ3n) is 4.24. The van der Waals surface area contributed by atoms with Gasteiger partial charge in [-0.3, -0.25) is 0 Å². The fourth-order valence-electron chi connectivity index (χ4n) is 2.88. The molecule has 0 bridgehead atoms. The molecule has 0 heterocycles. The van der Waals surface area contributed by atoms with Crippen molar-refractivity contribution >= 4 is 31.3 Å². The van der Waals surface area contributed by atoms with Crippen molar-refractivity contribution in [2.75, 3.05) is 6.61 Å². The Labute approximate surface area is 173 Å². The van der Waals surface area contributed by atoms with Crippen LogP contribution in [-0.4, -0.2) is 33.5 Å². The van der Waals surface area contributed by atoms with E-state index in [1.165, 1.54) is 8.93 Å². The second kappa shape index (κ2) is 10.8. The summed E-state index contributed by atoms with van der Waals surface area (Å²) < 4.78 is 8.52. The van der Waals surface area contributed by atoms with Crippen molar-refractivity contribution in [3.8, 4) is 0 Å². The van der Waals surface area contributed by atoms with Gasteiger partial charge in [0.1, 0.15) is 0 Å². The molecule has 3 rings (SSSR count). The van der Waals surface area contributed by atoms with E-state index in [1.807, 2.05) is 61.5 Å². The van der Waals surface area contributed by atoms with E-state index in [0.29, 0.717) is 13.0 Å². The molecule has 0 amide bonds. The van der Waals surface area contributed by atoms with Gasteiger partial charge in [0, 0.05) is 0 Å². The van der Waals surface area contributed by atoms with Gasteiger partial charge in [0.05, 0.1) is 0 Å². The summed E-state index contributed by atoms with van der Waals surface area (Å²) >= 11 is 0.0773.